The van der Waals surface area contributed by atoms with Crippen LogP contribution in [0.5, 0.6) is 0 Å². The molecule has 1 aromatic carbocycles. The Kier molecular flexibility index (Phi) is 5.07. The van der Waals surface area contributed by atoms with E-state index >= 15 is 0 Å². The van der Waals surface area contributed by atoms with E-state index in [-0.39, 0.29) is 5.82 Å². The summed E-state index contributed by atoms with van der Waals surface area (Å²) >= 11 is 1.52. The number of aromatic nitrogens is 2. The fourth-order valence-corrected chi connectivity index (χ4v) is 2.98. The van der Waals surface area contributed by atoms with E-state index < -0.39 is 6.10 Å². The lowest BCUT2D eigenvalue weighted by Gasteiger charge is -2.11. The molecule has 0 aliphatic carbocycles. The van der Waals surface area contributed by atoms with Gasteiger partial charge in [-0.05, 0) is 42.0 Å². The molecule has 4 nitrogen and oxygen atoms in total. The van der Waals surface area contributed by atoms with Gasteiger partial charge in [0, 0.05) is 36.4 Å². The largest absolute Gasteiger partial charge is 0.387 e. The van der Waals surface area contributed by atoms with Crippen molar-refractivity contribution in [2.45, 2.75) is 12.6 Å². The number of nitrogens with zero attached hydrogens (tertiary/aromatic N) is 2. The third-order valence-electron chi connectivity index (χ3n) is 3.38. The van der Waals surface area contributed by atoms with Crippen molar-refractivity contribution in [1.82, 2.24) is 15.3 Å². The van der Waals surface area contributed by atoms with Crippen molar-refractivity contribution in [1.29, 1.82) is 0 Å². The highest BCUT2D eigenvalue weighted by molar-refractivity contribution is 7.13. The summed E-state index contributed by atoms with van der Waals surface area (Å²) in [4.78, 5) is 8.45. The molecule has 2 aromatic heterocycles. The Hall–Kier alpha value is -2.15. The summed E-state index contributed by atoms with van der Waals surface area (Å²) in [7, 11) is 0. The van der Waals surface area contributed by atoms with Crippen LogP contribution < -0.4 is 5.32 Å². The first-order chi connectivity index (χ1) is 11.2. The maximum atomic E-state index is 12.9. The highest BCUT2D eigenvalue weighted by atomic mass is 32.1. The Morgan fingerprint density at radius 1 is 1.13 bits per heavy atom. The topological polar surface area (TPSA) is 58.0 Å². The van der Waals surface area contributed by atoms with Crippen LogP contribution in [-0.2, 0) is 6.54 Å². The molecule has 0 bridgehead atoms. The number of rotatable bonds is 6. The molecule has 3 rings (SSSR count). The van der Waals surface area contributed by atoms with Crippen molar-refractivity contribution in [3.63, 3.8) is 0 Å². The molecule has 0 aliphatic rings. The number of pyridine rings is 1. The van der Waals surface area contributed by atoms with Gasteiger partial charge in [-0.15, -0.1) is 11.3 Å². The van der Waals surface area contributed by atoms with Crippen LogP contribution in [0.1, 0.15) is 17.4 Å². The van der Waals surface area contributed by atoms with Gasteiger partial charge in [0.25, 0.3) is 0 Å². The Morgan fingerprint density at radius 2 is 1.87 bits per heavy atom. The monoisotopic (exact) mass is 329 g/mol. The molecular formula is C17H16FN3OS. The van der Waals surface area contributed by atoms with E-state index in [1.807, 2.05) is 5.38 Å². The molecule has 118 valence electrons. The summed E-state index contributed by atoms with van der Waals surface area (Å²) in [5.41, 5.74) is 2.63. The molecule has 3 aromatic rings. The first kappa shape index (κ1) is 15.7. The van der Waals surface area contributed by atoms with Crippen molar-refractivity contribution >= 4 is 11.3 Å². The minimum absolute atomic E-state index is 0.253. The van der Waals surface area contributed by atoms with E-state index in [1.54, 1.807) is 36.7 Å². The smallest absolute Gasteiger partial charge is 0.123 e. The van der Waals surface area contributed by atoms with Crippen LogP contribution in [0.15, 0.2) is 54.2 Å². The number of halogens is 1. The Morgan fingerprint density at radius 3 is 2.61 bits per heavy atom. The summed E-state index contributed by atoms with van der Waals surface area (Å²) in [6, 6.07) is 9.89. The fraction of sp³-hybridized carbons (Fsp3) is 0.176. The van der Waals surface area contributed by atoms with Crippen LogP contribution in [0.3, 0.4) is 0 Å². The average Bonchev–Trinajstić information content (AvgIpc) is 3.05. The minimum atomic E-state index is -0.576. The van der Waals surface area contributed by atoms with Gasteiger partial charge in [-0.2, -0.15) is 0 Å². The second-order valence-corrected chi connectivity index (χ2v) is 5.94. The Balaban J connectivity index is 1.54. The Labute approximate surface area is 137 Å². The molecule has 1 unspecified atom stereocenters. The zero-order valence-electron chi connectivity index (χ0n) is 12.3. The summed E-state index contributed by atoms with van der Waals surface area (Å²) < 4.78 is 12.9. The third-order valence-corrected chi connectivity index (χ3v) is 4.32. The summed E-state index contributed by atoms with van der Waals surface area (Å²) in [5, 5.41) is 16.1. The second kappa shape index (κ2) is 7.41. The number of aliphatic hydroxyl groups is 1. The van der Waals surface area contributed by atoms with E-state index in [0.29, 0.717) is 13.1 Å². The fourth-order valence-electron chi connectivity index (χ4n) is 2.15. The molecular weight excluding hydrogens is 313 g/mol. The van der Waals surface area contributed by atoms with Crippen molar-refractivity contribution in [3.8, 4) is 10.6 Å². The summed E-state index contributed by atoms with van der Waals surface area (Å²) in [6.45, 7) is 1.01. The molecule has 0 fully saturated rings. The van der Waals surface area contributed by atoms with Gasteiger partial charge in [-0.3, -0.25) is 4.98 Å². The first-order valence-corrected chi connectivity index (χ1v) is 8.09. The van der Waals surface area contributed by atoms with Crippen LogP contribution in [0, 0.1) is 5.82 Å². The molecule has 0 spiro atoms. The standard InChI is InChI=1S/C17H16FN3OS/c18-14-3-1-13(2-4-14)17-21-15(11-23-17)9-20-10-16(22)12-5-7-19-8-6-12/h1-8,11,16,20,22H,9-10H2. The van der Waals surface area contributed by atoms with Gasteiger partial charge in [-0.25, -0.2) is 9.37 Å². The number of aliphatic hydroxyl groups excluding tert-OH is 1. The van der Waals surface area contributed by atoms with Crippen LogP contribution in [0.2, 0.25) is 0 Å². The molecule has 0 aliphatic heterocycles. The lowest BCUT2D eigenvalue weighted by atomic mass is 10.1. The summed E-state index contributed by atoms with van der Waals surface area (Å²) in [5.74, 6) is -0.253. The minimum Gasteiger partial charge on any atom is -0.387 e. The molecule has 0 saturated heterocycles. The number of benzene rings is 1. The molecule has 0 radical (unpaired) electrons. The Bertz CT molecular complexity index is 746. The van der Waals surface area contributed by atoms with E-state index in [0.717, 1.165) is 21.8 Å². The highest BCUT2D eigenvalue weighted by Gasteiger charge is 2.08. The lowest BCUT2D eigenvalue weighted by molar-refractivity contribution is 0.174. The van der Waals surface area contributed by atoms with E-state index in [2.05, 4.69) is 15.3 Å². The van der Waals surface area contributed by atoms with Gasteiger partial charge >= 0.3 is 0 Å². The number of hydrogen-bond acceptors (Lipinski definition) is 5. The van der Waals surface area contributed by atoms with Gasteiger partial charge in [0.05, 0.1) is 11.8 Å². The molecule has 6 heteroatoms. The number of nitrogens with one attached hydrogen (secondary N) is 1. The van der Waals surface area contributed by atoms with Gasteiger partial charge < -0.3 is 10.4 Å². The van der Waals surface area contributed by atoms with Crippen molar-refractivity contribution in [2.75, 3.05) is 6.54 Å². The predicted molar refractivity (Wildman–Crippen MR) is 88.4 cm³/mol. The van der Waals surface area contributed by atoms with E-state index in [4.69, 9.17) is 0 Å². The lowest BCUT2D eigenvalue weighted by Crippen LogP contribution is -2.21. The second-order valence-electron chi connectivity index (χ2n) is 5.08. The van der Waals surface area contributed by atoms with E-state index in [9.17, 15) is 9.50 Å². The van der Waals surface area contributed by atoms with Crippen LogP contribution >= 0.6 is 11.3 Å². The zero-order chi connectivity index (χ0) is 16.1. The molecule has 0 amide bonds. The average molecular weight is 329 g/mol. The quantitative estimate of drug-likeness (QED) is 0.729. The number of hydrogen-bond donors (Lipinski definition) is 2. The van der Waals surface area contributed by atoms with Crippen molar-refractivity contribution < 1.29 is 9.50 Å². The number of thiazole rings is 1. The van der Waals surface area contributed by atoms with Crippen LogP contribution in [0.25, 0.3) is 10.6 Å². The third kappa shape index (κ3) is 4.19. The zero-order valence-corrected chi connectivity index (χ0v) is 13.1. The van der Waals surface area contributed by atoms with Crippen LogP contribution in [-0.4, -0.2) is 21.6 Å². The maximum absolute atomic E-state index is 12.9. The van der Waals surface area contributed by atoms with Crippen molar-refractivity contribution in [3.05, 3.63) is 71.2 Å². The van der Waals surface area contributed by atoms with Gasteiger partial charge in [0.2, 0.25) is 0 Å². The molecule has 2 heterocycles. The SMILES string of the molecule is OC(CNCc1csc(-c2ccc(F)cc2)n1)c1ccncc1. The molecule has 1 atom stereocenters. The summed E-state index contributed by atoms with van der Waals surface area (Å²) in [6.07, 6.45) is 2.75. The maximum Gasteiger partial charge on any atom is 0.123 e. The highest BCUT2D eigenvalue weighted by Crippen LogP contribution is 2.23. The normalized spacial score (nSPS) is 12.3. The van der Waals surface area contributed by atoms with Crippen LogP contribution in [0.4, 0.5) is 4.39 Å². The van der Waals surface area contributed by atoms with Gasteiger partial charge in [0.15, 0.2) is 0 Å². The van der Waals surface area contributed by atoms with Crippen molar-refractivity contribution in [2.24, 2.45) is 0 Å². The molecule has 2 N–H and O–H groups in total. The predicted octanol–water partition coefficient (Wildman–Crippen LogP) is 3.17. The first-order valence-electron chi connectivity index (χ1n) is 7.21. The molecule has 0 saturated carbocycles. The molecule has 23 heavy (non-hydrogen) atoms. The van der Waals surface area contributed by atoms with Gasteiger partial charge in [0.1, 0.15) is 10.8 Å². The van der Waals surface area contributed by atoms with Gasteiger partial charge in [-0.1, -0.05) is 0 Å². The van der Waals surface area contributed by atoms with E-state index in [1.165, 1.54) is 23.5 Å².